The van der Waals surface area contributed by atoms with Gasteiger partial charge in [0.05, 0.1) is 11.6 Å². The van der Waals surface area contributed by atoms with E-state index in [4.69, 9.17) is 0 Å². The van der Waals surface area contributed by atoms with Crippen molar-refractivity contribution in [3.05, 3.63) is 238 Å². The molecule has 21 heteroatoms. The summed E-state index contributed by atoms with van der Waals surface area (Å²) in [6.45, 7) is 35.9. The monoisotopic (exact) mass is 1750 g/mol. The van der Waals surface area contributed by atoms with E-state index in [-0.39, 0.29) is 29.5 Å². The smallest absolute Gasteiger partial charge is 0.253 e. The Morgan fingerprint density at radius 2 is 0.527 bits per heavy atom. The number of piperazine rings is 1. The van der Waals surface area contributed by atoms with Crippen LogP contribution in [0.25, 0.3) is 44.5 Å². The quantitative estimate of drug-likeness (QED) is 0.0847. The third-order valence-electron chi connectivity index (χ3n) is 28.1. The Morgan fingerprint density at radius 1 is 0.264 bits per heavy atom. The fourth-order valence-corrected chi connectivity index (χ4v) is 19.7. The van der Waals surface area contributed by atoms with Crippen molar-refractivity contribution in [2.24, 2.45) is 0 Å². The predicted octanol–water partition coefficient (Wildman–Crippen LogP) is 14.6. The maximum Gasteiger partial charge on any atom is 0.253 e. The molecule has 21 nitrogen and oxygen atoms in total. The molecular formula is C108H144N16O5. The van der Waals surface area contributed by atoms with E-state index in [0.717, 1.165) is 222 Å². The van der Waals surface area contributed by atoms with Gasteiger partial charge >= 0.3 is 0 Å². The number of likely N-dealkylation sites (tertiary alicyclic amines) is 3. The van der Waals surface area contributed by atoms with Crippen LogP contribution in [0.2, 0.25) is 0 Å². The molecule has 9 aliphatic heterocycles. The van der Waals surface area contributed by atoms with Crippen molar-refractivity contribution < 1.29 is 24.0 Å². The van der Waals surface area contributed by atoms with Gasteiger partial charge in [-0.2, -0.15) is 5.26 Å². The van der Waals surface area contributed by atoms with Crippen molar-refractivity contribution in [1.82, 2.24) is 73.5 Å². The summed E-state index contributed by atoms with van der Waals surface area (Å²) in [5.74, 6) is 0.572. The average molecular weight is 1750 g/mol. The zero-order valence-electron chi connectivity index (χ0n) is 78.4. The van der Waals surface area contributed by atoms with Crippen LogP contribution in [0, 0.1) is 11.3 Å². The van der Waals surface area contributed by atoms with Gasteiger partial charge in [0, 0.05) is 186 Å². The third-order valence-corrected chi connectivity index (χ3v) is 28.1. The standard InChI is InChI=1S/C30H42N4O.C26H34N4O2.C26H36N4O.C26H32N4O/c1-31-16-5-17-32(23-22-31)24-25-6-8-26(9-7-25)27-10-12-28(13-11-27)30(35)34-20-14-29(15-21-34)33-18-3-2-4-19-33;1-21(31)29-16-18-30(19-17-29)26(32)25-10-8-24(9-11-25)23-6-4-22(5-7-23)20-28-13-3-12-27(2)14-15-28;1-27-13-3-15-29(19-17-27)21-22-5-7-23(8-6-22)24-9-11-25(12-10-24)26(31)30-16-4-14-28(2)18-20-30;1-28-12-5-13-29(17-16-28)20-21-6-11-25(24(18-21)19-27)22-7-9-23(10-8-22)26(31)30-14-3-2-4-15-30/h6-13,29H,2-5,14-24H2,1H3;4-11H,3,12-20H2,1-2H3;5-12H,3-4,13-21H2,1-2H3;6-11,18H,2-5,12-17,20H2,1H3. The van der Waals surface area contributed by atoms with Crippen molar-refractivity contribution in [1.29, 1.82) is 5.26 Å². The molecule has 0 aromatic heterocycles. The van der Waals surface area contributed by atoms with E-state index >= 15 is 0 Å². The molecule has 9 fully saturated rings. The number of likely N-dealkylation sites (N-methyl/N-ethyl adjacent to an activating group) is 5. The summed E-state index contributed by atoms with van der Waals surface area (Å²) < 4.78 is 0. The van der Waals surface area contributed by atoms with E-state index in [1.54, 1.807) is 11.8 Å². The maximum atomic E-state index is 13.1. The second-order valence-electron chi connectivity index (χ2n) is 37.8. The van der Waals surface area contributed by atoms with Crippen LogP contribution in [-0.4, -0.2) is 341 Å². The van der Waals surface area contributed by atoms with Crippen LogP contribution in [0.5, 0.6) is 0 Å². The molecule has 9 aliphatic rings. The highest BCUT2D eigenvalue weighted by Crippen LogP contribution is 2.31. The zero-order chi connectivity index (χ0) is 89.8. The number of carbonyl (C=O) groups excluding carboxylic acids is 5. The molecule has 129 heavy (non-hydrogen) atoms. The highest BCUT2D eigenvalue weighted by atomic mass is 16.2. The summed E-state index contributed by atoms with van der Waals surface area (Å²) in [4.78, 5) is 97.4. The topological polar surface area (TPSA) is 158 Å². The number of amides is 5. The first kappa shape index (κ1) is 95.3. The van der Waals surface area contributed by atoms with Crippen LogP contribution in [-0.2, 0) is 31.0 Å². The Hall–Kier alpha value is -9.80. The summed E-state index contributed by atoms with van der Waals surface area (Å²) in [7, 11) is 10.9. The second kappa shape index (κ2) is 48.4. The van der Waals surface area contributed by atoms with Crippen molar-refractivity contribution in [3.63, 3.8) is 0 Å². The number of rotatable bonds is 17. The Labute approximate surface area is 770 Å². The van der Waals surface area contributed by atoms with E-state index in [1.807, 2.05) is 93.6 Å². The molecule has 0 aliphatic carbocycles. The van der Waals surface area contributed by atoms with Gasteiger partial charge in [0.25, 0.3) is 23.6 Å². The molecule has 0 spiro atoms. The van der Waals surface area contributed by atoms with Crippen LogP contribution in [0.1, 0.15) is 160 Å². The van der Waals surface area contributed by atoms with Gasteiger partial charge in [-0.3, -0.25) is 43.6 Å². The molecule has 0 atom stereocenters. The largest absolute Gasteiger partial charge is 0.339 e. The summed E-state index contributed by atoms with van der Waals surface area (Å²) in [5.41, 5.74) is 17.9. The van der Waals surface area contributed by atoms with Crippen LogP contribution in [0.3, 0.4) is 0 Å². The molecule has 0 saturated carbocycles. The SMILES string of the molecule is CC(=O)N1CCN(C(=O)c2ccc(-c3ccc(CN4CCCN(C)CC4)cc3)cc2)CC1.CN1CCCN(Cc2ccc(-c3ccc(C(=O)N4CCC(N5CCCCC5)CC4)cc3)cc2)CC1.CN1CCCN(Cc2ccc(-c3ccc(C(=O)N4CCCCC4)cc3)c(C#N)c2)CC1.CN1CCCN(Cc2ccc(-c3ccc(C(=O)N4CCCN(C)CC4)cc3)cc2)CC1. The zero-order valence-corrected chi connectivity index (χ0v) is 78.4. The molecule has 0 unspecified atom stereocenters. The summed E-state index contributed by atoms with van der Waals surface area (Å²) in [6.07, 6.45) is 15.6. The Balaban J connectivity index is 0.000000139. The first-order valence-corrected chi connectivity index (χ1v) is 48.6. The van der Waals surface area contributed by atoms with E-state index in [2.05, 4.69) is 204 Å². The van der Waals surface area contributed by atoms with E-state index in [0.29, 0.717) is 43.3 Å². The van der Waals surface area contributed by atoms with Gasteiger partial charge in [0.1, 0.15) is 0 Å². The van der Waals surface area contributed by atoms with Gasteiger partial charge in [-0.25, -0.2) is 0 Å². The molecule has 8 aromatic carbocycles. The number of benzene rings is 8. The first-order chi connectivity index (χ1) is 62.9. The fourth-order valence-electron chi connectivity index (χ4n) is 19.7. The van der Waals surface area contributed by atoms with Gasteiger partial charge in [-0.15, -0.1) is 0 Å². The minimum Gasteiger partial charge on any atom is -0.339 e. The lowest BCUT2D eigenvalue weighted by Gasteiger charge is -2.40. The minimum atomic E-state index is 0.0400. The van der Waals surface area contributed by atoms with Crippen molar-refractivity contribution in [3.8, 4) is 50.6 Å². The molecular weight excluding hydrogens is 1600 g/mol. The molecule has 17 rings (SSSR count). The summed E-state index contributed by atoms with van der Waals surface area (Å²) in [5, 5.41) is 9.77. The van der Waals surface area contributed by atoms with Crippen LogP contribution >= 0.6 is 0 Å². The highest BCUT2D eigenvalue weighted by molar-refractivity contribution is 5.97. The lowest BCUT2D eigenvalue weighted by atomic mass is 9.97. The third kappa shape index (κ3) is 28.1. The Morgan fingerprint density at radius 3 is 0.876 bits per heavy atom. The Kier molecular flexibility index (Phi) is 35.7. The van der Waals surface area contributed by atoms with E-state index in [9.17, 15) is 29.2 Å². The number of hydrogen-bond acceptors (Lipinski definition) is 16. The molecule has 0 N–H and O–H groups in total. The number of nitrogens with zero attached hydrogens (tertiary/aromatic N) is 16. The molecule has 9 saturated heterocycles. The molecule has 8 aromatic rings. The number of piperidine rings is 3. The van der Waals surface area contributed by atoms with E-state index in [1.165, 1.54) is 142 Å². The van der Waals surface area contributed by atoms with Crippen LogP contribution < -0.4 is 0 Å². The lowest BCUT2D eigenvalue weighted by molar-refractivity contribution is -0.130. The predicted molar refractivity (Wildman–Crippen MR) is 522 cm³/mol. The second-order valence-corrected chi connectivity index (χ2v) is 37.8. The van der Waals surface area contributed by atoms with Gasteiger partial charge in [0.15, 0.2) is 0 Å². The Bertz CT molecular complexity index is 4880. The van der Waals surface area contributed by atoms with Gasteiger partial charge < -0.3 is 53.9 Å². The van der Waals surface area contributed by atoms with Crippen LogP contribution in [0.15, 0.2) is 188 Å². The normalized spacial score (nSPS) is 19.6. The van der Waals surface area contributed by atoms with Gasteiger partial charge in [-0.05, 0) is 306 Å². The molecule has 5 amide bonds. The molecule has 686 valence electrons. The average Bonchev–Trinajstić information content (AvgIpc) is 1.09. The summed E-state index contributed by atoms with van der Waals surface area (Å²) >= 11 is 0. The maximum absolute atomic E-state index is 13.1. The highest BCUT2D eigenvalue weighted by Gasteiger charge is 2.30. The van der Waals surface area contributed by atoms with Crippen LogP contribution in [0.4, 0.5) is 0 Å². The fraction of sp³-hybridized carbons (Fsp3) is 0.500. The lowest BCUT2D eigenvalue weighted by Crippen LogP contribution is -2.50. The van der Waals surface area contributed by atoms with Crippen molar-refractivity contribution in [2.75, 3.05) is 232 Å². The van der Waals surface area contributed by atoms with Gasteiger partial charge in [-0.1, -0.05) is 140 Å². The number of carbonyl (C=O) groups is 5. The van der Waals surface area contributed by atoms with Crippen molar-refractivity contribution >= 4 is 29.5 Å². The van der Waals surface area contributed by atoms with Crippen molar-refractivity contribution in [2.45, 2.75) is 123 Å². The number of nitriles is 1. The molecule has 9 heterocycles. The van der Waals surface area contributed by atoms with E-state index < -0.39 is 0 Å². The summed E-state index contributed by atoms with van der Waals surface area (Å²) in [6, 6.07) is 67.9. The number of hydrogen-bond donors (Lipinski definition) is 0. The van der Waals surface area contributed by atoms with Gasteiger partial charge in [0.2, 0.25) is 5.91 Å². The molecule has 0 radical (unpaired) electrons. The first-order valence-electron chi connectivity index (χ1n) is 48.6. The molecule has 0 bridgehead atoms. The minimum absolute atomic E-state index is 0.0400.